The largest absolute Gasteiger partial charge is 0.465 e. The Morgan fingerprint density at radius 3 is 2.47 bits per heavy atom. The number of nitrogens with one attached hydrogen (secondary N) is 1. The van der Waals surface area contributed by atoms with E-state index in [1.165, 1.54) is 48.8 Å². The molecule has 0 fully saturated rings. The Labute approximate surface area is 187 Å². The molecule has 0 aliphatic heterocycles. The Hall–Kier alpha value is -2.76. The molecule has 170 valence electrons. The molecular weight excluding hydrogens is 465 g/mol. The molecule has 0 bridgehead atoms. The topological polar surface area (TPSA) is 85.4 Å². The van der Waals surface area contributed by atoms with Crippen LogP contribution in [0.4, 0.5) is 13.2 Å². The Morgan fingerprint density at radius 1 is 1.16 bits per heavy atom. The van der Waals surface area contributed by atoms with Gasteiger partial charge in [0.15, 0.2) is 0 Å². The number of halogens is 3. The number of sulfonamides is 1. The molecule has 0 spiro atoms. The SMILES string of the molecule is COC(=O)c1cc(S(=O)(=O)NCCc2csc(-c3ccc(C(F)(F)F)cc3)n2)ccc1C. The van der Waals surface area contributed by atoms with E-state index in [1.807, 2.05) is 0 Å². The molecule has 3 aromatic rings. The van der Waals surface area contributed by atoms with Crippen LogP contribution < -0.4 is 4.72 Å². The van der Waals surface area contributed by atoms with Crippen molar-refractivity contribution in [3.05, 3.63) is 70.2 Å². The first kappa shape index (κ1) is 23.9. The molecule has 0 atom stereocenters. The van der Waals surface area contributed by atoms with Crippen molar-refractivity contribution >= 4 is 27.3 Å². The molecule has 1 heterocycles. The van der Waals surface area contributed by atoms with Gasteiger partial charge in [-0.15, -0.1) is 11.3 Å². The second-order valence-electron chi connectivity index (χ2n) is 6.84. The van der Waals surface area contributed by atoms with Gasteiger partial charge in [0.1, 0.15) is 5.01 Å². The highest BCUT2D eigenvalue weighted by atomic mass is 32.2. The molecule has 1 N–H and O–H groups in total. The number of alkyl halides is 3. The van der Waals surface area contributed by atoms with Crippen LogP contribution in [0.3, 0.4) is 0 Å². The van der Waals surface area contributed by atoms with Crippen molar-refractivity contribution in [2.75, 3.05) is 13.7 Å². The van der Waals surface area contributed by atoms with Crippen LogP contribution in [0.25, 0.3) is 10.6 Å². The predicted octanol–water partition coefficient (Wildman–Crippen LogP) is 4.44. The summed E-state index contributed by atoms with van der Waals surface area (Å²) in [7, 11) is -2.65. The summed E-state index contributed by atoms with van der Waals surface area (Å²) < 4.78 is 70.3. The van der Waals surface area contributed by atoms with Crippen molar-refractivity contribution in [3.8, 4) is 10.6 Å². The van der Waals surface area contributed by atoms with Crippen molar-refractivity contribution in [2.45, 2.75) is 24.4 Å². The number of carbonyl (C=O) groups excluding carboxylic acids is 1. The van der Waals surface area contributed by atoms with Gasteiger partial charge in [0.25, 0.3) is 0 Å². The third-order valence-corrected chi connectivity index (χ3v) is 7.01. The zero-order chi connectivity index (χ0) is 23.5. The summed E-state index contributed by atoms with van der Waals surface area (Å²) in [5.41, 5.74) is 1.17. The van der Waals surface area contributed by atoms with Crippen molar-refractivity contribution in [1.82, 2.24) is 9.71 Å². The summed E-state index contributed by atoms with van der Waals surface area (Å²) in [5, 5.41) is 2.26. The van der Waals surface area contributed by atoms with E-state index in [2.05, 4.69) is 14.4 Å². The van der Waals surface area contributed by atoms with Crippen LogP contribution >= 0.6 is 11.3 Å². The predicted molar refractivity (Wildman–Crippen MR) is 114 cm³/mol. The fraction of sp³-hybridized carbons (Fsp3) is 0.238. The van der Waals surface area contributed by atoms with E-state index in [4.69, 9.17) is 0 Å². The maximum atomic E-state index is 12.7. The van der Waals surface area contributed by atoms with E-state index in [0.717, 1.165) is 12.1 Å². The number of esters is 1. The maximum absolute atomic E-state index is 12.7. The van der Waals surface area contributed by atoms with Crippen LogP contribution in [-0.2, 0) is 27.4 Å². The normalized spacial score (nSPS) is 12.0. The van der Waals surface area contributed by atoms with Crippen molar-refractivity contribution in [1.29, 1.82) is 0 Å². The monoisotopic (exact) mass is 484 g/mol. The number of hydrogen-bond donors (Lipinski definition) is 1. The minimum Gasteiger partial charge on any atom is -0.465 e. The lowest BCUT2D eigenvalue weighted by molar-refractivity contribution is -0.137. The molecule has 1 aromatic heterocycles. The summed E-state index contributed by atoms with van der Waals surface area (Å²) in [4.78, 5) is 16.1. The number of aryl methyl sites for hydroxylation is 1. The van der Waals surface area contributed by atoms with Gasteiger partial charge in [-0.1, -0.05) is 18.2 Å². The van der Waals surface area contributed by atoms with E-state index in [-0.39, 0.29) is 23.4 Å². The maximum Gasteiger partial charge on any atom is 0.416 e. The van der Waals surface area contributed by atoms with Gasteiger partial charge in [-0.3, -0.25) is 0 Å². The molecule has 0 aliphatic carbocycles. The van der Waals surface area contributed by atoms with Crippen LogP contribution in [0.5, 0.6) is 0 Å². The Balaban J connectivity index is 1.65. The molecule has 0 unspecified atom stereocenters. The van der Waals surface area contributed by atoms with E-state index < -0.39 is 27.7 Å². The van der Waals surface area contributed by atoms with Crippen molar-refractivity contribution in [2.24, 2.45) is 0 Å². The highest BCUT2D eigenvalue weighted by Gasteiger charge is 2.30. The van der Waals surface area contributed by atoms with E-state index in [0.29, 0.717) is 21.8 Å². The van der Waals surface area contributed by atoms with Gasteiger partial charge in [-0.05, 0) is 36.8 Å². The van der Waals surface area contributed by atoms with Crippen LogP contribution in [0, 0.1) is 6.92 Å². The Morgan fingerprint density at radius 2 is 1.84 bits per heavy atom. The number of aromatic nitrogens is 1. The summed E-state index contributed by atoms with van der Waals surface area (Å²) in [6.07, 6.45) is -4.12. The molecule has 0 saturated heterocycles. The van der Waals surface area contributed by atoms with Gasteiger partial charge in [0, 0.05) is 23.9 Å². The highest BCUT2D eigenvalue weighted by molar-refractivity contribution is 7.89. The van der Waals surface area contributed by atoms with E-state index in [1.54, 1.807) is 12.3 Å². The second-order valence-corrected chi connectivity index (χ2v) is 9.46. The summed E-state index contributed by atoms with van der Waals surface area (Å²) in [6, 6.07) is 8.88. The first-order valence-corrected chi connectivity index (χ1v) is 11.7. The number of rotatable bonds is 7. The highest BCUT2D eigenvalue weighted by Crippen LogP contribution is 2.31. The molecular formula is C21H19F3N2O4S2. The van der Waals surface area contributed by atoms with Gasteiger partial charge >= 0.3 is 12.1 Å². The first-order chi connectivity index (χ1) is 15.0. The third kappa shape index (κ3) is 5.53. The lowest BCUT2D eigenvalue weighted by Gasteiger charge is -2.09. The number of methoxy groups -OCH3 is 1. The molecule has 6 nitrogen and oxygen atoms in total. The lowest BCUT2D eigenvalue weighted by atomic mass is 10.1. The summed E-state index contributed by atoms with van der Waals surface area (Å²) in [5.74, 6) is -0.627. The smallest absolute Gasteiger partial charge is 0.416 e. The van der Waals surface area contributed by atoms with Crippen LogP contribution in [-0.4, -0.2) is 33.0 Å². The van der Waals surface area contributed by atoms with E-state index >= 15 is 0 Å². The molecule has 11 heteroatoms. The second kappa shape index (κ2) is 9.39. The van der Waals surface area contributed by atoms with Gasteiger partial charge < -0.3 is 4.74 Å². The fourth-order valence-electron chi connectivity index (χ4n) is 2.85. The Bertz CT molecular complexity index is 1220. The first-order valence-electron chi connectivity index (χ1n) is 9.32. The van der Waals surface area contributed by atoms with Crippen molar-refractivity contribution in [3.63, 3.8) is 0 Å². The molecule has 0 amide bonds. The molecule has 0 saturated carbocycles. The van der Waals surface area contributed by atoms with Crippen molar-refractivity contribution < 1.29 is 31.1 Å². The average Bonchev–Trinajstić information content (AvgIpc) is 3.21. The molecule has 3 rings (SSSR count). The molecule has 2 aromatic carbocycles. The number of nitrogens with zero attached hydrogens (tertiary/aromatic N) is 1. The zero-order valence-electron chi connectivity index (χ0n) is 17.1. The number of ether oxygens (including phenoxy) is 1. The summed E-state index contributed by atoms with van der Waals surface area (Å²) >= 11 is 1.26. The van der Waals surface area contributed by atoms with Gasteiger partial charge in [-0.25, -0.2) is 22.9 Å². The van der Waals surface area contributed by atoms with E-state index in [9.17, 15) is 26.4 Å². The fourth-order valence-corrected chi connectivity index (χ4v) is 4.77. The number of benzene rings is 2. The molecule has 32 heavy (non-hydrogen) atoms. The molecule has 0 aliphatic rings. The minimum atomic E-state index is -4.40. The third-order valence-electron chi connectivity index (χ3n) is 4.61. The van der Waals surface area contributed by atoms with Gasteiger partial charge in [0.2, 0.25) is 10.0 Å². The Kier molecular flexibility index (Phi) is 7.01. The number of thiazole rings is 1. The van der Waals surface area contributed by atoms with Crippen LogP contribution in [0.15, 0.2) is 52.7 Å². The minimum absolute atomic E-state index is 0.0555. The van der Waals surface area contributed by atoms with Gasteiger partial charge in [0.05, 0.1) is 28.8 Å². The lowest BCUT2D eigenvalue weighted by Crippen LogP contribution is -2.26. The number of hydrogen-bond acceptors (Lipinski definition) is 6. The quantitative estimate of drug-likeness (QED) is 0.501. The van der Waals surface area contributed by atoms with Gasteiger partial charge in [-0.2, -0.15) is 13.2 Å². The van der Waals surface area contributed by atoms with Crippen LogP contribution in [0.2, 0.25) is 0 Å². The summed E-state index contributed by atoms with van der Waals surface area (Å²) in [6.45, 7) is 1.73. The zero-order valence-corrected chi connectivity index (χ0v) is 18.7. The average molecular weight is 485 g/mol. The molecule has 0 radical (unpaired) electrons. The number of carbonyl (C=O) groups is 1. The standard InChI is InChI=1S/C21H19F3N2O4S2/c1-13-3-8-17(11-18(13)20(27)30-2)32(28,29)25-10-9-16-12-31-19(26-16)14-4-6-15(7-5-14)21(22,23)24/h3-8,11-12,25H,9-10H2,1-2H3. The van der Waals surface area contributed by atoms with Crippen LogP contribution in [0.1, 0.15) is 27.2 Å².